The maximum absolute atomic E-state index is 13.1. The molecule has 0 atom stereocenters. The van der Waals surface area contributed by atoms with Crippen molar-refractivity contribution in [3.05, 3.63) is 94.3 Å². The number of hydrogen-bond donors (Lipinski definition) is 2. The monoisotopic (exact) mass is 475 g/mol. The van der Waals surface area contributed by atoms with E-state index in [1.807, 2.05) is 43.3 Å². The molecule has 0 aromatic heterocycles. The molecule has 1 amide bonds. The van der Waals surface area contributed by atoms with Crippen LogP contribution in [0.25, 0.3) is 0 Å². The number of hydrogen-bond acceptors (Lipinski definition) is 4. The molecule has 168 valence electrons. The van der Waals surface area contributed by atoms with Gasteiger partial charge < -0.3 is 10.2 Å². The van der Waals surface area contributed by atoms with E-state index in [-0.39, 0.29) is 21.2 Å². The van der Waals surface area contributed by atoms with Gasteiger partial charge in [-0.2, -0.15) is 0 Å². The molecule has 0 radical (unpaired) electrons. The van der Waals surface area contributed by atoms with Crippen molar-refractivity contribution in [3.8, 4) is 0 Å². The number of nitrogens with one attached hydrogen (secondary N) is 2. The number of carbonyl (C=O) groups excluding carboxylic acids is 1. The predicted octanol–water partition coefficient (Wildman–Crippen LogP) is 4.27. The third kappa shape index (κ3) is 6.06. The lowest BCUT2D eigenvalue weighted by atomic mass is 10.1. The first-order chi connectivity index (χ1) is 15.2. The number of benzene rings is 3. The molecule has 0 heterocycles. The Bertz CT molecular complexity index is 1220. The van der Waals surface area contributed by atoms with E-state index in [0.29, 0.717) is 6.54 Å². The highest BCUT2D eigenvalue weighted by Gasteiger charge is 2.20. The van der Waals surface area contributed by atoms with Crippen molar-refractivity contribution >= 4 is 33.2 Å². The normalized spacial score (nSPS) is 11.4. The first-order valence-corrected chi connectivity index (χ1v) is 11.6. The summed E-state index contributed by atoms with van der Waals surface area (Å²) >= 11 is 6.10. The van der Waals surface area contributed by atoms with Crippen molar-refractivity contribution in [1.82, 2.24) is 10.2 Å². The Morgan fingerprint density at radius 2 is 1.66 bits per heavy atom. The van der Waals surface area contributed by atoms with Crippen LogP contribution in [-0.2, 0) is 23.1 Å². The van der Waals surface area contributed by atoms with Gasteiger partial charge in [-0.3, -0.25) is 9.52 Å². The molecular weight excluding hydrogens is 453 g/mol. The van der Waals surface area contributed by atoms with Gasteiger partial charge in [0.1, 0.15) is 10.7 Å². The fourth-order valence-electron chi connectivity index (χ4n) is 3.08. The van der Waals surface area contributed by atoms with Crippen LogP contribution in [0.1, 0.15) is 21.5 Å². The molecule has 9 heteroatoms. The first kappa shape index (κ1) is 23.7. The second-order valence-corrected chi connectivity index (χ2v) is 9.50. The Balaban J connectivity index is 1.78. The number of carbonyl (C=O) groups is 1. The molecule has 0 aliphatic carbocycles. The number of nitrogens with zero attached hydrogens (tertiary/aromatic N) is 1. The average molecular weight is 476 g/mol. The molecule has 0 fully saturated rings. The van der Waals surface area contributed by atoms with Crippen LogP contribution in [0.15, 0.2) is 71.6 Å². The van der Waals surface area contributed by atoms with Crippen molar-refractivity contribution in [2.75, 3.05) is 18.8 Å². The highest BCUT2D eigenvalue weighted by molar-refractivity contribution is 7.92. The lowest BCUT2D eigenvalue weighted by Crippen LogP contribution is -2.24. The zero-order chi connectivity index (χ0) is 23.3. The molecule has 3 aromatic carbocycles. The van der Waals surface area contributed by atoms with Gasteiger partial charge in [0.15, 0.2) is 0 Å². The predicted molar refractivity (Wildman–Crippen MR) is 124 cm³/mol. The average Bonchev–Trinajstić information content (AvgIpc) is 2.74. The molecule has 0 spiro atoms. The lowest BCUT2D eigenvalue weighted by molar-refractivity contribution is 0.0950. The Hall–Kier alpha value is -2.94. The standard InChI is InChI=1S/C23H23ClFN3O3S/c1-28(2)15-18-6-4-3-5-17(18)14-26-23(29)16-7-12-21(24)22(13-16)32(30,31)27-20-10-8-19(25)9-11-20/h3-13,27H,14-15H2,1-2H3,(H,26,29). The Kier molecular flexibility index (Phi) is 7.50. The molecule has 0 saturated heterocycles. The number of sulfonamides is 1. The fraction of sp³-hybridized carbons (Fsp3) is 0.174. The molecule has 0 bridgehead atoms. The van der Waals surface area contributed by atoms with Gasteiger partial charge in [-0.25, -0.2) is 12.8 Å². The summed E-state index contributed by atoms with van der Waals surface area (Å²) in [6.07, 6.45) is 0. The van der Waals surface area contributed by atoms with E-state index in [9.17, 15) is 17.6 Å². The highest BCUT2D eigenvalue weighted by atomic mass is 35.5. The van der Waals surface area contributed by atoms with Gasteiger partial charge in [0.25, 0.3) is 15.9 Å². The van der Waals surface area contributed by atoms with Crippen LogP contribution in [0, 0.1) is 5.82 Å². The highest BCUT2D eigenvalue weighted by Crippen LogP contribution is 2.25. The van der Waals surface area contributed by atoms with Crippen molar-refractivity contribution in [3.63, 3.8) is 0 Å². The van der Waals surface area contributed by atoms with E-state index in [2.05, 4.69) is 10.0 Å². The van der Waals surface area contributed by atoms with Crippen LogP contribution in [0.2, 0.25) is 5.02 Å². The van der Waals surface area contributed by atoms with Crippen molar-refractivity contribution in [1.29, 1.82) is 0 Å². The summed E-state index contributed by atoms with van der Waals surface area (Å²) in [4.78, 5) is 14.5. The van der Waals surface area contributed by atoms with Gasteiger partial charge in [0, 0.05) is 24.3 Å². The van der Waals surface area contributed by atoms with E-state index >= 15 is 0 Å². The van der Waals surface area contributed by atoms with Crippen LogP contribution >= 0.6 is 11.6 Å². The topological polar surface area (TPSA) is 78.5 Å². The summed E-state index contributed by atoms with van der Waals surface area (Å²) in [6, 6.07) is 16.7. The molecule has 0 unspecified atom stereocenters. The number of rotatable bonds is 8. The smallest absolute Gasteiger partial charge is 0.263 e. The SMILES string of the molecule is CN(C)Cc1ccccc1CNC(=O)c1ccc(Cl)c(S(=O)(=O)Nc2ccc(F)cc2)c1. The number of amides is 1. The molecule has 2 N–H and O–H groups in total. The molecule has 6 nitrogen and oxygen atoms in total. The third-order valence-corrected chi connectivity index (χ3v) is 6.49. The van der Waals surface area contributed by atoms with Crippen LogP contribution in [0.5, 0.6) is 0 Å². The van der Waals surface area contributed by atoms with Gasteiger partial charge in [-0.05, 0) is 67.7 Å². The minimum absolute atomic E-state index is 0.0347. The first-order valence-electron chi connectivity index (χ1n) is 9.73. The maximum atomic E-state index is 13.1. The lowest BCUT2D eigenvalue weighted by Gasteiger charge is -2.15. The Labute approximate surface area is 192 Å². The number of halogens is 2. The summed E-state index contributed by atoms with van der Waals surface area (Å²) in [5.74, 6) is -0.920. The molecule has 3 aromatic rings. The molecule has 0 aliphatic heterocycles. The summed E-state index contributed by atoms with van der Waals surface area (Å²) in [6.45, 7) is 1.02. The van der Waals surface area contributed by atoms with Gasteiger partial charge in [0.05, 0.1) is 5.02 Å². The van der Waals surface area contributed by atoms with Gasteiger partial charge in [0.2, 0.25) is 0 Å². The fourth-order valence-corrected chi connectivity index (χ4v) is 4.67. The minimum atomic E-state index is -4.09. The molecular formula is C23H23ClFN3O3S. The van der Waals surface area contributed by atoms with Gasteiger partial charge in [-0.1, -0.05) is 35.9 Å². The molecule has 3 rings (SSSR count). The van der Waals surface area contributed by atoms with Crippen molar-refractivity contribution in [2.45, 2.75) is 18.0 Å². The Morgan fingerprint density at radius 3 is 2.31 bits per heavy atom. The maximum Gasteiger partial charge on any atom is 0.263 e. The van der Waals surface area contributed by atoms with Crippen molar-refractivity contribution in [2.24, 2.45) is 0 Å². The molecule has 0 saturated carbocycles. The zero-order valence-electron chi connectivity index (χ0n) is 17.6. The van der Waals surface area contributed by atoms with E-state index in [0.717, 1.165) is 29.8 Å². The van der Waals surface area contributed by atoms with E-state index in [1.165, 1.54) is 30.3 Å². The van der Waals surface area contributed by atoms with Crippen LogP contribution in [0.3, 0.4) is 0 Å². The number of anilines is 1. The van der Waals surface area contributed by atoms with Crippen LogP contribution in [-0.4, -0.2) is 33.3 Å². The summed E-state index contributed by atoms with van der Waals surface area (Å²) < 4.78 is 41.0. The van der Waals surface area contributed by atoms with Crippen LogP contribution < -0.4 is 10.0 Å². The van der Waals surface area contributed by atoms with Gasteiger partial charge in [-0.15, -0.1) is 0 Å². The van der Waals surface area contributed by atoms with Crippen LogP contribution in [0.4, 0.5) is 10.1 Å². The summed E-state index contributed by atoms with van der Waals surface area (Å²) in [7, 11) is -0.163. The van der Waals surface area contributed by atoms with Gasteiger partial charge >= 0.3 is 0 Å². The second-order valence-electron chi connectivity index (χ2n) is 7.45. The van der Waals surface area contributed by atoms with E-state index in [1.54, 1.807) is 0 Å². The molecule has 32 heavy (non-hydrogen) atoms. The zero-order valence-corrected chi connectivity index (χ0v) is 19.2. The Morgan fingerprint density at radius 1 is 1.00 bits per heavy atom. The molecule has 0 aliphatic rings. The third-order valence-electron chi connectivity index (χ3n) is 4.62. The van der Waals surface area contributed by atoms with Crippen molar-refractivity contribution < 1.29 is 17.6 Å². The summed E-state index contributed by atoms with van der Waals surface area (Å²) in [5.41, 5.74) is 2.38. The van der Waals surface area contributed by atoms with E-state index < -0.39 is 21.7 Å². The largest absolute Gasteiger partial charge is 0.348 e. The summed E-state index contributed by atoms with van der Waals surface area (Å²) in [5, 5.41) is 2.79. The minimum Gasteiger partial charge on any atom is -0.348 e. The second kappa shape index (κ2) is 10.1. The van der Waals surface area contributed by atoms with E-state index in [4.69, 9.17) is 11.6 Å². The quantitative estimate of drug-likeness (QED) is 0.510.